The zero-order valence-electron chi connectivity index (χ0n) is 23.4. The van der Waals surface area contributed by atoms with Gasteiger partial charge in [-0.25, -0.2) is 4.79 Å². The van der Waals surface area contributed by atoms with E-state index < -0.39 is 35.6 Å². The van der Waals surface area contributed by atoms with Gasteiger partial charge in [0.15, 0.2) is 5.75 Å². The Bertz CT molecular complexity index is 1590. The van der Waals surface area contributed by atoms with Crippen LogP contribution in [0.2, 0.25) is 0 Å². The third kappa shape index (κ3) is 5.92. The van der Waals surface area contributed by atoms with E-state index >= 15 is 0 Å². The lowest BCUT2D eigenvalue weighted by atomic mass is 9.77. The Labute approximate surface area is 242 Å². The van der Waals surface area contributed by atoms with Crippen molar-refractivity contribution in [3.8, 4) is 16.9 Å². The van der Waals surface area contributed by atoms with E-state index in [-0.39, 0.29) is 55.4 Å². The summed E-state index contributed by atoms with van der Waals surface area (Å²) in [6, 6.07) is 16.0. The van der Waals surface area contributed by atoms with Crippen molar-refractivity contribution in [3.05, 3.63) is 81.9 Å². The largest absolute Gasteiger partial charge is 0.488 e. The molecule has 1 amide bonds. The smallest absolute Gasteiger partial charge is 0.449 e. The lowest BCUT2D eigenvalue weighted by Crippen LogP contribution is -2.49. The summed E-state index contributed by atoms with van der Waals surface area (Å²) in [7, 11) is -5.48. The van der Waals surface area contributed by atoms with E-state index in [0.717, 1.165) is 22.3 Å². The number of fused-ring (bicyclic) bond motifs is 3. The van der Waals surface area contributed by atoms with Gasteiger partial charge in [-0.05, 0) is 54.2 Å². The van der Waals surface area contributed by atoms with Crippen molar-refractivity contribution in [1.29, 1.82) is 0 Å². The first-order valence-corrected chi connectivity index (χ1v) is 14.9. The van der Waals surface area contributed by atoms with E-state index in [1.165, 1.54) is 25.7 Å². The zero-order valence-corrected chi connectivity index (χ0v) is 24.2. The number of benzene rings is 3. The molecule has 0 bridgehead atoms. The fourth-order valence-electron chi connectivity index (χ4n) is 6.27. The molecule has 13 heteroatoms. The predicted molar refractivity (Wildman–Crippen MR) is 153 cm³/mol. The Morgan fingerprint density at radius 1 is 0.881 bits per heavy atom. The molecule has 1 heterocycles. The maximum atomic E-state index is 13.5. The first-order chi connectivity index (χ1) is 19.7. The molecular formula is C29H30BF4N2O5S-. The number of amides is 1. The van der Waals surface area contributed by atoms with Crippen molar-refractivity contribution >= 4 is 29.3 Å². The second kappa shape index (κ2) is 11.2. The summed E-state index contributed by atoms with van der Waals surface area (Å²) >= 11 is 0. The lowest BCUT2D eigenvalue weighted by molar-refractivity contribution is 0.0976. The number of nitrogens with zero attached hydrogens (tertiary/aromatic N) is 2. The molecule has 1 aliphatic carbocycles. The summed E-state index contributed by atoms with van der Waals surface area (Å²) in [4.78, 5) is 16.4. The van der Waals surface area contributed by atoms with Gasteiger partial charge in [0.2, 0.25) is 0 Å². The van der Waals surface area contributed by atoms with Gasteiger partial charge in [0.25, 0.3) is 0 Å². The van der Waals surface area contributed by atoms with E-state index in [1.807, 2.05) is 48.5 Å². The molecule has 5 rings (SSSR count). The summed E-state index contributed by atoms with van der Waals surface area (Å²) in [6.07, 6.45) is -1.77. The van der Waals surface area contributed by atoms with E-state index in [4.69, 9.17) is 4.74 Å². The highest BCUT2D eigenvalue weighted by Gasteiger charge is 2.33. The number of ether oxygens (including phenoxy) is 1. The number of halogens is 4. The van der Waals surface area contributed by atoms with Crippen molar-refractivity contribution in [2.75, 3.05) is 37.7 Å². The standard InChI is InChI=1S/C29H30BF4N2O5S/c1-18-25(16-30(31,32)33)19(2)28(41-42(34,38)39)20(3)27(18)35-12-14-36(15-13-35)29(37)40-17-26-23-10-6-4-8-21(23)22-9-5-7-11-24(22)26/h4-11,26H,12-17H2,1-3H3/q-1. The highest BCUT2D eigenvalue weighted by atomic mass is 32.3. The van der Waals surface area contributed by atoms with Gasteiger partial charge >= 0.3 is 23.6 Å². The molecule has 7 nitrogen and oxygen atoms in total. The normalized spacial score (nSPS) is 15.4. The fourth-order valence-corrected chi connectivity index (χ4v) is 6.71. The molecule has 0 atom stereocenters. The molecule has 42 heavy (non-hydrogen) atoms. The Kier molecular flexibility index (Phi) is 7.90. The van der Waals surface area contributed by atoms with Gasteiger partial charge in [-0.15, -0.1) is 0 Å². The molecule has 0 saturated carbocycles. The molecule has 3 aromatic carbocycles. The minimum atomic E-state index is -5.48. The van der Waals surface area contributed by atoms with Crippen molar-refractivity contribution in [2.24, 2.45) is 0 Å². The van der Waals surface area contributed by atoms with Gasteiger partial charge < -0.3 is 31.7 Å². The van der Waals surface area contributed by atoms with Gasteiger partial charge in [-0.3, -0.25) is 0 Å². The molecule has 2 aliphatic rings. The van der Waals surface area contributed by atoms with Crippen LogP contribution in [0.5, 0.6) is 5.75 Å². The summed E-state index contributed by atoms with van der Waals surface area (Å²) < 4.78 is 86.9. The predicted octanol–water partition coefficient (Wildman–Crippen LogP) is 6.21. The first kappa shape index (κ1) is 29.7. The summed E-state index contributed by atoms with van der Waals surface area (Å²) in [6.45, 7) is 0.112. The molecule has 0 aromatic heterocycles. The minimum absolute atomic E-state index is 0.0774. The van der Waals surface area contributed by atoms with Crippen molar-refractivity contribution in [2.45, 2.75) is 33.0 Å². The number of piperazine rings is 1. The molecule has 1 fully saturated rings. The van der Waals surface area contributed by atoms with Crippen LogP contribution in [0.4, 0.5) is 27.3 Å². The maximum absolute atomic E-state index is 13.5. The Hall–Kier alpha value is -3.74. The van der Waals surface area contributed by atoms with Crippen LogP contribution in [0.1, 0.15) is 39.3 Å². The first-order valence-electron chi connectivity index (χ1n) is 13.6. The number of hydrogen-bond acceptors (Lipinski definition) is 6. The van der Waals surface area contributed by atoms with Crippen LogP contribution in [0.3, 0.4) is 0 Å². The molecule has 0 unspecified atom stereocenters. The van der Waals surface area contributed by atoms with E-state index in [9.17, 15) is 30.0 Å². The quantitative estimate of drug-likeness (QED) is 0.181. The Morgan fingerprint density at radius 3 is 1.95 bits per heavy atom. The molecule has 0 radical (unpaired) electrons. The van der Waals surface area contributed by atoms with Crippen LogP contribution in [-0.2, 0) is 21.6 Å². The third-order valence-electron chi connectivity index (χ3n) is 8.11. The monoisotopic (exact) mass is 605 g/mol. The van der Waals surface area contributed by atoms with E-state index in [0.29, 0.717) is 11.3 Å². The molecule has 3 aromatic rings. The van der Waals surface area contributed by atoms with Crippen LogP contribution in [0, 0.1) is 20.8 Å². The van der Waals surface area contributed by atoms with Crippen LogP contribution in [0.15, 0.2) is 48.5 Å². The Morgan fingerprint density at radius 2 is 1.43 bits per heavy atom. The van der Waals surface area contributed by atoms with Gasteiger partial charge in [0.1, 0.15) is 6.61 Å². The van der Waals surface area contributed by atoms with Gasteiger partial charge in [-0.2, -0.15) is 8.42 Å². The summed E-state index contributed by atoms with van der Waals surface area (Å²) in [5, 5.41) is 0. The summed E-state index contributed by atoms with van der Waals surface area (Å²) in [5.41, 5.74) is 5.02. The molecule has 1 saturated heterocycles. The average molecular weight is 605 g/mol. The van der Waals surface area contributed by atoms with Crippen molar-refractivity contribution < 1.29 is 39.0 Å². The zero-order chi connectivity index (χ0) is 30.4. The average Bonchev–Trinajstić information content (AvgIpc) is 3.25. The highest BCUT2D eigenvalue weighted by Crippen LogP contribution is 2.45. The van der Waals surface area contributed by atoms with E-state index in [2.05, 4.69) is 4.18 Å². The molecule has 224 valence electrons. The molecule has 0 spiro atoms. The highest BCUT2D eigenvalue weighted by molar-refractivity contribution is 7.81. The third-order valence-corrected chi connectivity index (χ3v) is 8.47. The number of carbonyl (C=O) groups excluding carboxylic acids is 1. The maximum Gasteiger partial charge on any atom is 0.488 e. The topological polar surface area (TPSA) is 76.2 Å². The van der Waals surface area contributed by atoms with Crippen molar-refractivity contribution in [1.82, 2.24) is 4.90 Å². The SMILES string of the molecule is Cc1c(C[B-](F)(F)F)c(C)c(N2CCN(C(=O)OCC3c4ccccc4-c4ccccc43)CC2)c(C)c1OS(=O)(=O)F. The van der Waals surface area contributed by atoms with Gasteiger partial charge in [0, 0.05) is 43.3 Å². The van der Waals surface area contributed by atoms with Crippen LogP contribution in [0.25, 0.3) is 11.1 Å². The molecule has 0 N–H and O–H groups in total. The van der Waals surface area contributed by atoms with Crippen LogP contribution >= 0.6 is 0 Å². The number of hydrogen-bond donors (Lipinski definition) is 0. The van der Waals surface area contributed by atoms with Gasteiger partial charge in [-0.1, -0.05) is 64.3 Å². The number of anilines is 1. The molecule has 1 aliphatic heterocycles. The fraction of sp³-hybridized carbons (Fsp3) is 0.345. The second-order valence-electron chi connectivity index (χ2n) is 10.7. The number of carbonyl (C=O) groups is 1. The Balaban J connectivity index is 1.32. The van der Waals surface area contributed by atoms with Gasteiger partial charge in [0.05, 0.1) is 0 Å². The van der Waals surface area contributed by atoms with Crippen molar-refractivity contribution in [3.63, 3.8) is 0 Å². The number of rotatable bonds is 7. The molecular weight excluding hydrogens is 575 g/mol. The van der Waals surface area contributed by atoms with E-state index in [1.54, 1.807) is 4.90 Å². The lowest BCUT2D eigenvalue weighted by Gasteiger charge is -2.38. The summed E-state index contributed by atoms with van der Waals surface area (Å²) in [5.74, 6) is -0.550. The second-order valence-corrected chi connectivity index (χ2v) is 11.7. The minimum Gasteiger partial charge on any atom is -0.449 e. The van der Waals surface area contributed by atoms with Crippen LogP contribution in [-0.4, -0.2) is 59.2 Å². The van der Waals surface area contributed by atoms with Crippen LogP contribution < -0.4 is 9.08 Å².